The third-order valence-electron chi connectivity index (χ3n) is 3.08. The highest BCUT2D eigenvalue weighted by Crippen LogP contribution is 2.26. The molecule has 0 bridgehead atoms. The summed E-state index contributed by atoms with van der Waals surface area (Å²) in [6.45, 7) is 1.64. The topological polar surface area (TPSA) is 72.2 Å². The number of nitrogens with zero attached hydrogens (tertiary/aromatic N) is 1. The van der Waals surface area contributed by atoms with Crippen molar-refractivity contribution >= 4 is 29.0 Å². The molecule has 0 radical (unpaired) electrons. The Labute approximate surface area is 130 Å². The van der Waals surface area contributed by atoms with Gasteiger partial charge in [-0.05, 0) is 49.1 Å². The standard InChI is InChI=1S/C15H13FN2O3S/c1-9-7-10(16)3-5-13(9)17-15(19)12-8-11(22-2)4-6-14(12)18(20)21/h3-8H,1-2H3,(H,17,19). The Balaban J connectivity index is 2.38. The van der Waals surface area contributed by atoms with Crippen LogP contribution in [-0.2, 0) is 0 Å². The van der Waals surface area contributed by atoms with Gasteiger partial charge in [0.1, 0.15) is 11.4 Å². The molecular formula is C15H13FN2O3S. The van der Waals surface area contributed by atoms with Gasteiger partial charge in [0.25, 0.3) is 11.6 Å². The molecule has 22 heavy (non-hydrogen) atoms. The zero-order valence-corrected chi connectivity index (χ0v) is 12.7. The lowest BCUT2D eigenvalue weighted by Crippen LogP contribution is -2.15. The molecule has 0 aromatic heterocycles. The molecule has 5 nitrogen and oxygen atoms in total. The van der Waals surface area contributed by atoms with Crippen molar-refractivity contribution in [2.75, 3.05) is 11.6 Å². The van der Waals surface area contributed by atoms with Crippen molar-refractivity contribution in [1.29, 1.82) is 0 Å². The Morgan fingerprint density at radius 1 is 1.27 bits per heavy atom. The number of carbonyl (C=O) groups excluding carboxylic acids is 1. The van der Waals surface area contributed by atoms with Crippen LogP contribution in [0.15, 0.2) is 41.3 Å². The number of amides is 1. The quantitative estimate of drug-likeness (QED) is 0.525. The minimum absolute atomic E-state index is 0.0272. The number of nitro benzene ring substituents is 1. The molecule has 2 aromatic carbocycles. The molecule has 0 aliphatic rings. The summed E-state index contributed by atoms with van der Waals surface area (Å²) >= 11 is 1.38. The summed E-state index contributed by atoms with van der Waals surface area (Å²) in [5.41, 5.74) is 0.655. The van der Waals surface area contributed by atoms with E-state index in [1.807, 2.05) is 6.26 Å². The van der Waals surface area contributed by atoms with Gasteiger partial charge in [-0.25, -0.2) is 4.39 Å². The maximum absolute atomic E-state index is 13.1. The second-order valence-electron chi connectivity index (χ2n) is 4.55. The second kappa shape index (κ2) is 6.57. The molecule has 2 rings (SSSR count). The van der Waals surface area contributed by atoms with Crippen LogP contribution >= 0.6 is 11.8 Å². The number of carbonyl (C=O) groups is 1. The molecule has 0 heterocycles. The highest BCUT2D eigenvalue weighted by atomic mass is 32.2. The lowest BCUT2D eigenvalue weighted by molar-refractivity contribution is -0.385. The van der Waals surface area contributed by atoms with E-state index in [0.717, 1.165) is 4.90 Å². The fourth-order valence-electron chi connectivity index (χ4n) is 1.94. The Bertz CT molecular complexity index is 750. The van der Waals surface area contributed by atoms with Crippen molar-refractivity contribution in [3.63, 3.8) is 0 Å². The summed E-state index contributed by atoms with van der Waals surface area (Å²) in [7, 11) is 0. The van der Waals surface area contributed by atoms with E-state index >= 15 is 0 Å². The summed E-state index contributed by atoms with van der Waals surface area (Å²) in [4.78, 5) is 23.5. The monoisotopic (exact) mass is 320 g/mol. The number of anilines is 1. The predicted octanol–water partition coefficient (Wildman–Crippen LogP) is 4.02. The number of nitrogens with one attached hydrogen (secondary N) is 1. The van der Waals surface area contributed by atoms with Crippen LogP contribution in [0.3, 0.4) is 0 Å². The third-order valence-corrected chi connectivity index (χ3v) is 3.81. The highest BCUT2D eigenvalue weighted by molar-refractivity contribution is 7.98. The van der Waals surface area contributed by atoms with Gasteiger partial charge >= 0.3 is 0 Å². The van der Waals surface area contributed by atoms with Crippen molar-refractivity contribution in [3.05, 3.63) is 63.5 Å². The van der Waals surface area contributed by atoms with Crippen LogP contribution in [0.2, 0.25) is 0 Å². The van der Waals surface area contributed by atoms with E-state index in [9.17, 15) is 19.3 Å². The van der Waals surface area contributed by atoms with Crippen LogP contribution in [0.5, 0.6) is 0 Å². The van der Waals surface area contributed by atoms with Crippen LogP contribution in [-0.4, -0.2) is 17.1 Å². The highest BCUT2D eigenvalue weighted by Gasteiger charge is 2.21. The molecule has 0 fully saturated rings. The molecule has 0 saturated carbocycles. The van der Waals surface area contributed by atoms with Crippen LogP contribution < -0.4 is 5.32 Å². The second-order valence-corrected chi connectivity index (χ2v) is 5.43. The van der Waals surface area contributed by atoms with E-state index in [2.05, 4.69) is 5.32 Å². The van der Waals surface area contributed by atoms with E-state index in [0.29, 0.717) is 11.3 Å². The molecule has 2 aromatic rings. The first-order chi connectivity index (χ1) is 10.4. The van der Waals surface area contributed by atoms with Gasteiger partial charge < -0.3 is 5.32 Å². The van der Waals surface area contributed by atoms with Crippen molar-refractivity contribution in [2.45, 2.75) is 11.8 Å². The first-order valence-electron chi connectivity index (χ1n) is 6.32. The number of benzene rings is 2. The molecule has 0 saturated heterocycles. The van der Waals surface area contributed by atoms with E-state index < -0.39 is 16.6 Å². The zero-order valence-electron chi connectivity index (χ0n) is 11.9. The number of thioether (sulfide) groups is 1. The minimum atomic E-state index is -0.601. The Morgan fingerprint density at radius 2 is 2.00 bits per heavy atom. The number of rotatable bonds is 4. The summed E-state index contributed by atoms with van der Waals surface area (Å²) < 4.78 is 13.1. The number of nitro groups is 1. The number of hydrogen-bond donors (Lipinski definition) is 1. The van der Waals surface area contributed by atoms with Crippen molar-refractivity contribution in [1.82, 2.24) is 0 Å². The SMILES string of the molecule is CSc1ccc([N+](=O)[O-])c(C(=O)Nc2ccc(F)cc2C)c1. The number of halogens is 1. The fourth-order valence-corrected chi connectivity index (χ4v) is 2.38. The maximum Gasteiger partial charge on any atom is 0.282 e. The molecule has 0 aliphatic heterocycles. The smallest absolute Gasteiger partial charge is 0.282 e. The van der Waals surface area contributed by atoms with Crippen LogP contribution in [0.25, 0.3) is 0 Å². The zero-order chi connectivity index (χ0) is 16.3. The molecule has 114 valence electrons. The normalized spacial score (nSPS) is 10.3. The predicted molar refractivity (Wildman–Crippen MR) is 84.0 cm³/mol. The van der Waals surface area contributed by atoms with Crippen LogP contribution in [0.4, 0.5) is 15.8 Å². The Kier molecular flexibility index (Phi) is 4.77. The number of aryl methyl sites for hydroxylation is 1. The Morgan fingerprint density at radius 3 is 2.59 bits per heavy atom. The first kappa shape index (κ1) is 16.0. The summed E-state index contributed by atoms with van der Waals surface area (Å²) in [6, 6.07) is 8.28. The van der Waals surface area contributed by atoms with E-state index in [1.165, 1.54) is 42.1 Å². The van der Waals surface area contributed by atoms with Gasteiger partial charge in [0, 0.05) is 16.6 Å². The van der Waals surface area contributed by atoms with Gasteiger partial charge in [0.15, 0.2) is 0 Å². The van der Waals surface area contributed by atoms with Gasteiger partial charge in [-0.3, -0.25) is 14.9 Å². The fraction of sp³-hybridized carbons (Fsp3) is 0.133. The van der Waals surface area contributed by atoms with E-state index in [-0.39, 0.29) is 11.3 Å². The molecule has 7 heteroatoms. The average Bonchev–Trinajstić information content (AvgIpc) is 2.49. The number of hydrogen-bond acceptors (Lipinski definition) is 4. The van der Waals surface area contributed by atoms with E-state index in [4.69, 9.17) is 0 Å². The molecule has 0 unspecified atom stereocenters. The lowest BCUT2D eigenvalue weighted by Gasteiger charge is -2.09. The third kappa shape index (κ3) is 3.43. The molecule has 1 N–H and O–H groups in total. The maximum atomic E-state index is 13.1. The first-order valence-corrected chi connectivity index (χ1v) is 7.55. The largest absolute Gasteiger partial charge is 0.322 e. The average molecular weight is 320 g/mol. The van der Waals surface area contributed by atoms with Crippen molar-refractivity contribution in [3.8, 4) is 0 Å². The Hall–Kier alpha value is -2.41. The lowest BCUT2D eigenvalue weighted by atomic mass is 10.1. The van der Waals surface area contributed by atoms with Crippen molar-refractivity contribution in [2.24, 2.45) is 0 Å². The summed E-state index contributed by atoms with van der Waals surface area (Å²) in [6.07, 6.45) is 1.81. The summed E-state index contributed by atoms with van der Waals surface area (Å²) in [5, 5.41) is 13.6. The molecule has 0 spiro atoms. The molecule has 1 amide bonds. The van der Waals surface area contributed by atoms with Crippen molar-refractivity contribution < 1.29 is 14.1 Å². The molecule has 0 atom stereocenters. The van der Waals surface area contributed by atoms with Gasteiger partial charge in [0.2, 0.25) is 0 Å². The van der Waals surface area contributed by atoms with Gasteiger partial charge in [-0.2, -0.15) is 0 Å². The molecular weight excluding hydrogens is 307 g/mol. The van der Waals surface area contributed by atoms with Crippen LogP contribution in [0, 0.1) is 22.9 Å². The van der Waals surface area contributed by atoms with Crippen LogP contribution in [0.1, 0.15) is 15.9 Å². The summed E-state index contributed by atoms with van der Waals surface area (Å²) in [5.74, 6) is -1.01. The minimum Gasteiger partial charge on any atom is -0.322 e. The van der Waals surface area contributed by atoms with Gasteiger partial charge in [-0.1, -0.05) is 0 Å². The van der Waals surface area contributed by atoms with E-state index in [1.54, 1.807) is 13.0 Å². The molecule has 0 aliphatic carbocycles. The van der Waals surface area contributed by atoms with Gasteiger partial charge in [0.05, 0.1) is 4.92 Å². The van der Waals surface area contributed by atoms with Gasteiger partial charge in [-0.15, -0.1) is 11.8 Å².